The number of piperidine rings is 1. The molecule has 1 aliphatic heterocycles. The third kappa shape index (κ3) is 2.75. The minimum absolute atomic E-state index is 0.278. The molecule has 1 aromatic heterocycles. The largest absolute Gasteiger partial charge is 0.381 e. The van der Waals surface area contributed by atoms with Crippen LogP contribution in [0.15, 0.2) is 17.0 Å². The van der Waals surface area contributed by atoms with Crippen molar-refractivity contribution in [1.29, 1.82) is 0 Å². The Labute approximate surface area is 110 Å². The molecule has 0 spiro atoms. The quantitative estimate of drug-likeness (QED) is 0.908. The Morgan fingerprint density at radius 1 is 1.65 bits per heavy atom. The van der Waals surface area contributed by atoms with E-state index in [1.807, 2.05) is 0 Å². The first-order chi connectivity index (χ1) is 8.26. The summed E-state index contributed by atoms with van der Waals surface area (Å²) in [6.45, 7) is 1.52. The van der Waals surface area contributed by atoms with Crippen molar-refractivity contribution in [2.45, 2.75) is 25.0 Å². The smallest absolute Gasteiger partial charge is 0.146 e. The molecule has 2 rings (SSSR count). The average Bonchev–Trinajstić information content (AvgIpc) is 2.38. The molecule has 1 aliphatic rings. The molecule has 5 nitrogen and oxygen atoms in total. The van der Waals surface area contributed by atoms with Crippen LogP contribution in [0, 0.1) is 0 Å². The normalized spacial score (nSPS) is 25.0. The maximum Gasteiger partial charge on any atom is 0.146 e. The summed E-state index contributed by atoms with van der Waals surface area (Å²) in [5.41, 5.74) is 5.84. The molecule has 1 saturated heterocycles. The number of hydrogen-bond donors (Lipinski definition) is 1. The molecule has 17 heavy (non-hydrogen) atoms. The Morgan fingerprint density at radius 3 is 3.12 bits per heavy atom. The zero-order chi connectivity index (χ0) is 12.3. The second-order valence-electron chi connectivity index (χ2n) is 4.16. The van der Waals surface area contributed by atoms with Gasteiger partial charge in [0.05, 0.1) is 10.6 Å². The van der Waals surface area contributed by atoms with Crippen molar-refractivity contribution < 1.29 is 4.74 Å². The third-order valence-electron chi connectivity index (χ3n) is 3.19. The highest BCUT2D eigenvalue weighted by Gasteiger charge is 2.29. The predicted molar refractivity (Wildman–Crippen MR) is 70.0 cm³/mol. The van der Waals surface area contributed by atoms with Gasteiger partial charge in [-0.15, -0.1) is 0 Å². The van der Waals surface area contributed by atoms with Crippen molar-refractivity contribution in [2.75, 3.05) is 25.1 Å². The zero-order valence-corrected chi connectivity index (χ0v) is 11.4. The van der Waals surface area contributed by atoms with Gasteiger partial charge in [0.25, 0.3) is 0 Å². The Kier molecular flexibility index (Phi) is 4.31. The summed E-state index contributed by atoms with van der Waals surface area (Å²) in [5, 5.41) is 0. The van der Waals surface area contributed by atoms with Gasteiger partial charge in [-0.3, -0.25) is 0 Å². The molecule has 0 bridgehead atoms. The van der Waals surface area contributed by atoms with Crippen molar-refractivity contribution in [3.63, 3.8) is 0 Å². The van der Waals surface area contributed by atoms with Gasteiger partial charge in [0.2, 0.25) is 0 Å². The lowest BCUT2D eigenvalue weighted by Crippen LogP contribution is -2.49. The summed E-state index contributed by atoms with van der Waals surface area (Å²) in [5.74, 6) is 0.921. The van der Waals surface area contributed by atoms with E-state index in [4.69, 9.17) is 10.5 Å². The highest BCUT2D eigenvalue weighted by Crippen LogP contribution is 2.29. The lowest BCUT2D eigenvalue weighted by Gasteiger charge is -2.39. The number of rotatable bonds is 3. The fraction of sp³-hybridized carbons (Fsp3) is 0.636. The Balaban J connectivity index is 2.18. The molecule has 2 N–H and O–H groups in total. The lowest BCUT2D eigenvalue weighted by molar-refractivity contribution is 0.0707. The number of nitrogens with zero attached hydrogens (tertiary/aromatic N) is 3. The van der Waals surface area contributed by atoms with E-state index in [9.17, 15) is 0 Å². The van der Waals surface area contributed by atoms with Gasteiger partial charge in [-0.05, 0) is 28.8 Å². The summed E-state index contributed by atoms with van der Waals surface area (Å²) in [6.07, 6.45) is 5.58. The molecule has 0 amide bonds. The van der Waals surface area contributed by atoms with Crippen molar-refractivity contribution in [2.24, 2.45) is 5.73 Å². The predicted octanol–water partition coefficient (Wildman–Crippen LogP) is 1.18. The Morgan fingerprint density at radius 2 is 2.47 bits per heavy atom. The number of nitrogens with two attached hydrogens (primary N) is 1. The van der Waals surface area contributed by atoms with E-state index >= 15 is 0 Å². The van der Waals surface area contributed by atoms with Crippen LogP contribution in [0.3, 0.4) is 0 Å². The second kappa shape index (κ2) is 5.75. The first-order valence-corrected chi connectivity index (χ1v) is 6.50. The number of halogens is 1. The summed E-state index contributed by atoms with van der Waals surface area (Å²) in [4.78, 5) is 10.5. The molecule has 0 aliphatic carbocycles. The van der Waals surface area contributed by atoms with Crippen molar-refractivity contribution >= 4 is 21.7 Å². The van der Waals surface area contributed by atoms with E-state index in [1.54, 1.807) is 19.6 Å². The van der Waals surface area contributed by atoms with Crippen molar-refractivity contribution in [3.8, 4) is 0 Å². The molecule has 6 heteroatoms. The van der Waals surface area contributed by atoms with E-state index < -0.39 is 0 Å². The molecular formula is C11H17BrN4O. The van der Waals surface area contributed by atoms with Gasteiger partial charge in [0.15, 0.2) is 0 Å². The maximum atomic E-state index is 5.84. The maximum absolute atomic E-state index is 5.84. The van der Waals surface area contributed by atoms with Crippen LogP contribution in [0.5, 0.6) is 0 Å². The van der Waals surface area contributed by atoms with E-state index in [2.05, 4.69) is 30.8 Å². The molecule has 1 aromatic rings. The minimum atomic E-state index is 0.278. The minimum Gasteiger partial charge on any atom is -0.381 e. The monoisotopic (exact) mass is 300 g/mol. The first kappa shape index (κ1) is 12.7. The van der Waals surface area contributed by atoms with Crippen molar-refractivity contribution in [1.82, 2.24) is 9.97 Å². The second-order valence-corrected chi connectivity index (χ2v) is 5.01. The fourth-order valence-corrected chi connectivity index (χ4v) is 2.70. The summed E-state index contributed by atoms with van der Waals surface area (Å²) in [7, 11) is 1.76. The summed E-state index contributed by atoms with van der Waals surface area (Å²) < 4.78 is 6.32. The van der Waals surface area contributed by atoms with Gasteiger partial charge in [0.1, 0.15) is 12.1 Å². The first-order valence-electron chi connectivity index (χ1n) is 5.71. The van der Waals surface area contributed by atoms with Gasteiger partial charge in [-0.1, -0.05) is 0 Å². The van der Waals surface area contributed by atoms with Crippen LogP contribution < -0.4 is 10.6 Å². The van der Waals surface area contributed by atoms with Crippen LogP contribution in [0.4, 0.5) is 5.82 Å². The van der Waals surface area contributed by atoms with Crippen LogP contribution in [-0.4, -0.2) is 42.3 Å². The molecule has 2 heterocycles. The molecule has 0 saturated carbocycles. The van der Waals surface area contributed by atoms with E-state index in [0.717, 1.165) is 29.7 Å². The van der Waals surface area contributed by atoms with E-state index in [0.29, 0.717) is 12.6 Å². The third-order valence-corrected chi connectivity index (χ3v) is 3.75. The standard InChI is InChI=1S/C11H17BrN4O/c1-17-9-2-3-16(8(4-9)5-13)11-10(12)6-14-7-15-11/h6-9H,2-5,13H2,1H3. The SMILES string of the molecule is COC1CCN(c2ncncc2Br)C(CN)C1. The number of ether oxygens (including phenoxy) is 1. The Bertz CT molecular complexity index is 376. The van der Waals surface area contributed by atoms with Crippen molar-refractivity contribution in [3.05, 3.63) is 17.0 Å². The molecule has 2 atom stereocenters. The van der Waals surface area contributed by atoms with Crippen LogP contribution in [0.1, 0.15) is 12.8 Å². The lowest BCUT2D eigenvalue weighted by atomic mass is 9.99. The number of methoxy groups -OCH3 is 1. The van der Waals surface area contributed by atoms with Gasteiger partial charge in [0, 0.05) is 32.4 Å². The topological polar surface area (TPSA) is 64.3 Å². The summed E-state index contributed by atoms with van der Waals surface area (Å²) >= 11 is 3.48. The van der Waals surface area contributed by atoms with E-state index in [1.165, 1.54) is 0 Å². The number of aromatic nitrogens is 2. The molecule has 0 aromatic carbocycles. The van der Waals surface area contributed by atoms with Crippen LogP contribution in [0.25, 0.3) is 0 Å². The highest BCUT2D eigenvalue weighted by atomic mass is 79.9. The van der Waals surface area contributed by atoms with Gasteiger partial charge in [-0.25, -0.2) is 9.97 Å². The average molecular weight is 301 g/mol. The van der Waals surface area contributed by atoms with E-state index in [-0.39, 0.29) is 6.04 Å². The molecular weight excluding hydrogens is 284 g/mol. The van der Waals surface area contributed by atoms with Crippen LogP contribution >= 0.6 is 15.9 Å². The highest BCUT2D eigenvalue weighted by molar-refractivity contribution is 9.10. The summed E-state index contributed by atoms with van der Waals surface area (Å²) in [6, 6.07) is 0.278. The Hall–Kier alpha value is -0.720. The van der Waals surface area contributed by atoms with Gasteiger partial charge < -0.3 is 15.4 Å². The molecule has 1 fully saturated rings. The molecule has 2 unspecified atom stereocenters. The molecule has 0 radical (unpaired) electrons. The fourth-order valence-electron chi connectivity index (χ4n) is 2.25. The molecule has 94 valence electrons. The zero-order valence-electron chi connectivity index (χ0n) is 9.84. The number of anilines is 1. The van der Waals surface area contributed by atoms with Crippen LogP contribution in [0.2, 0.25) is 0 Å². The van der Waals surface area contributed by atoms with Crippen LogP contribution in [-0.2, 0) is 4.74 Å². The van der Waals surface area contributed by atoms with Gasteiger partial charge >= 0.3 is 0 Å². The number of hydrogen-bond acceptors (Lipinski definition) is 5. The van der Waals surface area contributed by atoms with Gasteiger partial charge in [-0.2, -0.15) is 0 Å².